The minimum Gasteiger partial charge on any atom is -0.496 e. The lowest BCUT2D eigenvalue weighted by Gasteiger charge is -2.32. The molecule has 0 aliphatic carbocycles. The van der Waals surface area contributed by atoms with E-state index in [1.54, 1.807) is 30.0 Å². The highest BCUT2D eigenvalue weighted by Crippen LogP contribution is 2.20. The zero-order chi connectivity index (χ0) is 24.8. The Morgan fingerprint density at radius 3 is 2.54 bits per heavy atom. The number of aromatic nitrogens is 1. The van der Waals surface area contributed by atoms with E-state index >= 15 is 0 Å². The summed E-state index contributed by atoms with van der Waals surface area (Å²) in [4.78, 5) is 40.5. The first-order valence-corrected chi connectivity index (χ1v) is 11.9. The van der Waals surface area contributed by atoms with E-state index in [-0.39, 0.29) is 35.4 Å². The highest BCUT2D eigenvalue weighted by molar-refractivity contribution is 5.94. The van der Waals surface area contributed by atoms with Crippen molar-refractivity contribution in [3.63, 3.8) is 0 Å². The number of methoxy groups -OCH3 is 1. The minimum absolute atomic E-state index is 0.0429. The number of hydrogen-bond acceptors (Lipinski definition) is 4. The molecule has 1 aliphatic rings. The maximum Gasteiger partial charge on any atom is 0.263 e. The molecule has 4 rings (SSSR count). The number of carbonyl (C=O) groups is 2. The third-order valence-corrected chi connectivity index (χ3v) is 6.42. The predicted octanol–water partition coefficient (Wildman–Crippen LogP) is 3.18. The molecule has 0 saturated carbocycles. The van der Waals surface area contributed by atoms with Crippen LogP contribution in [0.25, 0.3) is 0 Å². The van der Waals surface area contributed by atoms with Gasteiger partial charge in [0.1, 0.15) is 11.3 Å². The number of ether oxygens (including phenoxy) is 1. The Kier molecular flexibility index (Phi) is 7.65. The second kappa shape index (κ2) is 11.0. The van der Waals surface area contributed by atoms with Crippen molar-refractivity contribution in [3.8, 4) is 5.75 Å². The molecule has 35 heavy (non-hydrogen) atoms. The van der Waals surface area contributed by atoms with E-state index in [0.717, 1.165) is 16.7 Å². The SMILES string of the molecule is COc1ccccc1CC(=O)N1CCC(NC(=O)c2cccn(Cc3cccc(C)c3)c2=O)CC1. The largest absolute Gasteiger partial charge is 0.496 e. The first-order valence-electron chi connectivity index (χ1n) is 11.9. The van der Waals surface area contributed by atoms with Crippen molar-refractivity contribution < 1.29 is 14.3 Å². The summed E-state index contributed by atoms with van der Waals surface area (Å²) in [6.45, 7) is 3.54. The third-order valence-electron chi connectivity index (χ3n) is 6.42. The van der Waals surface area contributed by atoms with Crippen molar-refractivity contribution in [1.82, 2.24) is 14.8 Å². The fourth-order valence-electron chi connectivity index (χ4n) is 4.50. The van der Waals surface area contributed by atoms with E-state index in [0.29, 0.717) is 38.2 Å². The van der Waals surface area contributed by atoms with E-state index in [1.807, 2.05) is 60.4 Å². The Morgan fingerprint density at radius 2 is 1.80 bits per heavy atom. The van der Waals surface area contributed by atoms with Crippen LogP contribution in [-0.2, 0) is 17.8 Å². The molecule has 1 saturated heterocycles. The van der Waals surface area contributed by atoms with Gasteiger partial charge in [-0.15, -0.1) is 0 Å². The zero-order valence-corrected chi connectivity index (χ0v) is 20.2. The molecule has 182 valence electrons. The number of nitrogens with zero attached hydrogens (tertiary/aromatic N) is 2. The average molecular weight is 474 g/mol. The molecular weight excluding hydrogens is 442 g/mol. The zero-order valence-electron chi connectivity index (χ0n) is 20.2. The fourth-order valence-corrected chi connectivity index (χ4v) is 4.50. The van der Waals surface area contributed by atoms with Crippen LogP contribution in [0.5, 0.6) is 5.75 Å². The van der Waals surface area contributed by atoms with Gasteiger partial charge in [-0.05, 0) is 43.5 Å². The van der Waals surface area contributed by atoms with Crippen molar-refractivity contribution in [2.45, 2.75) is 38.8 Å². The summed E-state index contributed by atoms with van der Waals surface area (Å²) in [7, 11) is 1.60. The molecule has 0 unspecified atom stereocenters. The summed E-state index contributed by atoms with van der Waals surface area (Å²) in [5.74, 6) is 0.382. The molecule has 7 nitrogen and oxygen atoms in total. The van der Waals surface area contributed by atoms with Crippen LogP contribution in [0, 0.1) is 6.92 Å². The number of para-hydroxylation sites is 1. The summed E-state index contributed by atoms with van der Waals surface area (Å²) in [5.41, 5.74) is 2.82. The number of rotatable bonds is 7. The summed E-state index contributed by atoms with van der Waals surface area (Å²) in [6.07, 6.45) is 3.28. The van der Waals surface area contributed by atoms with Crippen molar-refractivity contribution in [1.29, 1.82) is 0 Å². The Bertz CT molecular complexity index is 1260. The average Bonchev–Trinajstić information content (AvgIpc) is 2.86. The van der Waals surface area contributed by atoms with Gasteiger partial charge < -0.3 is 19.5 Å². The summed E-state index contributed by atoms with van der Waals surface area (Å²) >= 11 is 0. The first kappa shape index (κ1) is 24.3. The lowest BCUT2D eigenvalue weighted by atomic mass is 10.0. The molecule has 1 aliphatic heterocycles. The first-order chi connectivity index (χ1) is 16.9. The van der Waals surface area contributed by atoms with Gasteiger partial charge in [0.15, 0.2) is 0 Å². The van der Waals surface area contributed by atoms with Crippen LogP contribution in [0.4, 0.5) is 0 Å². The lowest BCUT2D eigenvalue weighted by Crippen LogP contribution is -2.47. The molecule has 1 fully saturated rings. The van der Waals surface area contributed by atoms with Crippen molar-refractivity contribution >= 4 is 11.8 Å². The van der Waals surface area contributed by atoms with E-state index in [9.17, 15) is 14.4 Å². The Hall–Kier alpha value is -3.87. The molecule has 0 spiro atoms. The normalized spacial score (nSPS) is 13.9. The molecule has 1 aromatic heterocycles. The van der Waals surface area contributed by atoms with Gasteiger partial charge in [0, 0.05) is 30.9 Å². The molecule has 2 aromatic carbocycles. The molecule has 0 radical (unpaired) electrons. The standard InChI is InChI=1S/C28H31N3O4/c1-20-7-5-8-21(17-20)19-31-14-6-10-24(28(31)34)27(33)29-23-12-15-30(16-13-23)26(32)18-22-9-3-4-11-25(22)35-2/h3-11,14,17,23H,12-13,15-16,18-19H2,1-2H3,(H,29,33). The summed E-state index contributed by atoms with van der Waals surface area (Å²) in [6, 6.07) is 18.7. The molecule has 0 bridgehead atoms. The number of amides is 2. The smallest absolute Gasteiger partial charge is 0.263 e. The molecule has 2 heterocycles. The van der Waals surface area contributed by atoms with Gasteiger partial charge in [-0.2, -0.15) is 0 Å². The van der Waals surface area contributed by atoms with Crippen molar-refractivity contribution in [3.05, 3.63) is 99.5 Å². The summed E-state index contributed by atoms with van der Waals surface area (Å²) in [5, 5.41) is 2.99. The quantitative estimate of drug-likeness (QED) is 0.572. The number of carbonyl (C=O) groups excluding carboxylic acids is 2. The molecule has 0 atom stereocenters. The van der Waals surface area contributed by atoms with Crippen LogP contribution < -0.4 is 15.6 Å². The second-order valence-corrected chi connectivity index (χ2v) is 8.96. The van der Waals surface area contributed by atoms with Gasteiger partial charge in [-0.1, -0.05) is 48.0 Å². The topological polar surface area (TPSA) is 80.6 Å². The highest BCUT2D eigenvalue weighted by atomic mass is 16.5. The van der Waals surface area contributed by atoms with Crippen LogP contribution in [-0.4, -0.2) is 47.5 Å². The lowest BCUT2D eigenvalue weighted by molar-refractivity contribution is -0.131. The van der Waals surface area contributed by atoms with E-state index < -0.39 is 0 Å². The number of aryl methyl sites for hydroxylation is 1. The number of pyridine rings is 1. The van der Waals surface area contributed by atoms with Crippen molar-refractivity contribution in [2.75, 3.05) is 20.2 Å². The Morgan fingerprint density at radius 1 is 1.03 bits per heavy atom. The fraction of sp³-hybridized carbons (Fsp3) is 0.321. The van der Waals surface area contributed by atoms with E-state index in [1.165, 1.54) is 0 Å². The highest BCUT2D eigenvalue weighted by Gasteiger charge is 2.25. The van der Waals surface area contributed by atoms with Gasteiger partial charge in [0.2, 0.25) is 5.91 Å². The van der Waals surface area contributed by atoms with Gasteiger partial charge in [-0.3, -0.25) is 14.4 Å². The molecule has 7 heteroatoms. The van der Waals surface area contributed by atoms with Crippen LogP contribution in [0.2, 0.25) is 0 Å². The van der Waals surface area contributed by atoms with Gasteiger partial charge in [0.05, 0.1) is 20.1 Å². The molecule has 1 N–H and O–H groups in total. The molecule has 2 amide bonds. The minimum atomic E-state index is -0.368. The van der Waals surface area contributed by atoms with Gasteiger partial charge in [-0.25, -0.2) is 0 Å². The maximum atomic E-state index is 12.9. The van der Waals surface area contributed by atoms with Crippen LogP contribution in [0.1, 0.15) is 39.9 Å². The van der Waals surface area contributed by atoms with Crippen molar-refractivity contribution in [2.24, 2.45) is 0 Å². The van der Waals surface area contributed by atoms with Crippen LogP contribution in [0.15, 0.2) is 71.7 Å². The number of piperidine rings is 1. The number of likely N-dealkylation sites (tertiary alicyclic amines) is 1. The Balaban J connectivity index is 1.33. The summed E-state index contributed by atoms with van der Waals surface area (Å²) < 4.78 is 6.91. The maximum absolute atomic E-state index is 12.9. The van der Waals surface area contributed by atoms with Gasteiger partial charge >= 0.3 is 0 Å². The Labute approximate surface area is 205 Å². The predicted molar refractivity (Wildman–Crippen MR) is 135 cm³/mol. The van der Waals surface area contributed by atoms with E-state index in [2.05, 4.69) is 5.32 Å². The monoisotopic (exact) mass is 473 g/mol. The number of benzene rings is 2. The number of nitrogens with one attached hydrogen (secondary N) is 1. The molecular formula is C28H31N3O4. The third kappa shape index (κ3) is 5.98. The second-order valence-electron chi connectivity index (χ2n) is 8.96. The number of hydrogen-bond donors (Lipinski definition) is 1. The molecule has 3 aromatic rings. The van der Waals surface area contributed by atoms with Crippen LogP contribution >= 0.6 is 0 Å². The van der Waals surface area contributed by atoms with E-state index in [4.69, 9.17) is 4.74 Å². The van der Waals surface area contributed by atoms with Crippen LogP contribution in [0.3, 0.4) is 0 Å². The van der Waals surface area contributed by atoms with Gasteiger partial charge in [0.25, 0.3) is 11.5 Å².